The number of nitrogens with one attached hydrogen (secondary N) is 1. The summed E-state index contributed by atoms with van der Waals surface area (Å²) in [6.07, 6.45) is 1.25. The number of piperidine rings is 1. The minimum absolute atomic E-state index is 0.0587. The standard InChI is InChI=1S/C13H23N3O5/c1-15(9-11(17)14-5-7-21-2)13(20)16-6-3-4-10(8-16)12(18)19/h10H,3-9H2,1-2H3,(H,14,17)(H,18,19). The van der Waals surface area contributed by atoms with Crippen molar-refractivity contribution in [1.29, 1.82) is 0 Å². The number of likely N-dealkylation sites (tertiary alicyclic amines) is 1. The number of hydrogen-bond acceptors (Lipinski definition) is 4. The van der Waals surface area contributed by atoms with E-state index in [1.807, 2.05) is 0 Å². The van der Waals surface area contributed by atoms with E-state index in [-0.39, 0.29) is 25.0 Å². The third-order valence-corrected chi connectivity index (χ3v) is 3.38. The Morgan fingerprint density at radius 3 is 2.76 bits per heavy atom. The molecule has 0 aliphatic carbocycles. The zero-order valence-corrected chi connectivity index (χ0v) is 12.5. The molecular formula is C13H23N3O5. The molecule has 8 nitrogen and oxygen atoms in total. The average molecular weight is 301 g/mol. The van der Waals surface area contributed by atoms with Crippen molar-refractivity contribution in [2.24, 2.45) is 5.92 Å². The van der Waals surface area contributed by atoms with Crippen LogP contribution in [0.2, 0.25) is 0 Å². The van der Waals surface area contributed by atoms with Crippen molar-refractivity contribution in [2.45, 2.75) is 12.8 Å². The molecule has 0 spiro atoms. The van der Waals surface area contributed by atoms with Gasteiger partial charge >= 0.3 is 12.0 Å². The van der Waals surface area contributed by atoms with Crippen LogP contribution in [0.5, 0.6) is 0 Å². The molecule has 8 heteroatoms. The highest BCUT2D eigenvalue weighted by Gasteiger charge is 2.29. The molecule has 1 unspecified atom stereocenters. The lowest BCUT2D eigenvalue weighted by Gasteiger charge is -2.33. The Morgan fingerprint density at radius 2 is 2.14 bits per heavy atom. The van der Waals surface area contributed by atoms with Crippen molar-refractivity contribution in [3.8, 4) is 0 Å². The first-order chi connectivity index (χ1) is 9.95. The summed E-state index contributed by atoms with van der Waals surface area (Å²) in [5.74, 6) is -1.67. The number of carboxylic acid groups (broad SMARTS) is 1. The maximum absolute atomic E-state index is 12.2. The van der Waals surface area contributed by atoms with Crippen LogP contribution < -0.4 is 5.32 Å². The van der Waals surface area contributed by atoms with Crippen molar-refractivity contribution < 1.29 is 24.2 Å². The Hall–Kier alpha value is -1.83. The van der Waals surface area contributed by atoms with E-state index in [2.05, 4.69) is 5.32 Å². The van der Waals surface area contributed by atoms with Crippen LogP contribution in [0.25, 0.3) is 0 Å². The average Bonchev–Trinajstić information content (AvgIpc) is 2.46. The lowest BCUT2D eigenvalue weighted by atomic mass is 9.99. The van der Waals surface area contributed by atoms with Gasteiger partial charge < -0.3 is 25.0 Å². The summed E-state index contributed by atoms with van der Waals surface area (Å²) in [6.45, 7) is 1.47. The van der Waals surface area contributed by atoms with E-state index in [9.17, 15) is 14.4 Å². The third kappa shape index (κ3) is 5.58. The fourth-order valence-corrected chi connectivity index (χ4v) is 2.23. The predicted molar refractivity (Wildman–Crippen MR) is 74.8 cm³/mol. The van der Waals surface area contributed by atoms with Gasteiger partial charge in [-0.15, -0.1) is 0 Å². The molecule has 0 aromatic carbocycles. The van der Waals surface area contributed by atoms with E-state index in [1.54, 1.807) is 0 Å². The molecule has 120 valence electrons. The van der Waals surface area contributed by atoms with Gasteiger partial charge in [-0.25, -0.2) is 4.79 Å². The van der Waals surface area contributed by atoms with Crippen molar-refractivity contribution in [1.82, 2.24) is 15.1 Å². The molecule has 1 aliphatic rings. The highest BCUT2D eigenvalue weighted by molar-refractivity contribution is 5.84. The molecule has 1 atom stereocenters. The summed E-state index contributed by atoms with van der Waals surface area (Å²) >= 11 is 0. The van der Waals surface area contributed by atoms with Crippen LogP contribution >= 0.6 is 0 Å². The summed E-state index contributed by atoms with van der Waals surface area (Å²) in [6, 6.07) is -0.317. The second kappa shape index (κ2) is 8.46. The molecule has 21 heavy (non-hydrogen) atoms. The first-order valence-electron chi connectivity index (χ1n) is 6.94. The summed E-state index contributed by atoms with van der Waals surface area (Å²) in [7, 11) is 3.07. The van der Waals surface area contributed by atoms with Crippen molar-refractivity contribution in [2.75, 3.05) is 46.9 Å². The van der Waals surface area contributed by atoms with Crippen molar-refractivity contribution >= 4 is 17.9 Å². The number of urea groups is 1. The van der Waals surface area contributed by atoms with E-state index in [1.165, 1.54) is 24.0 Å². The fraction of sp³-hybridized carbons (Fsp3) is 0.769. The number of methoxy groups -OCH3 is 1. The lowest BCUT2D eigenvalue weighted by molar-refractivity contribution is -0.143. The van der Waals surface area contributed by atoms with Crippen LogP contribution in [0, 0.1) is 5.92 Å². The van der Waals surface area contributed by atoms with Gasteiger partial charge in [0.05, 0.1) is 12.5 Å². The Bertz CT molecular complexity index is 388. The van der Waals surface area contributed by atoms with E-state index >= 15 is 0 Å². The number of likely N-dealkylation sites (N-methyl/N-ethyl adjacent to an activating group) is 1. The zero-order valence-electron chi connectivity index (χ0n) is 12.5. The SMILES string of the molecule is COCCNC(=O)CN(C)C(=O)N1CCCC(C(=O)O)C1. The first-order valence-corrected chi connectivity index (χ1v) is 6.94. The Labute approximate surface area is 124 Å². The highest BCUT2D eigenvalue weighted by Crippen LogP contribution is 2.17. The molecule has 1 rings (SSSR count). The van der Waals surface area contributed by atoms with Crippen LogP contribution in [0.15, 0.2) is 0 Å². The number of ether oxygens (including phenoxy) is 1. The molecule has 2 N–H and O–H groups in total. The molecule has 1 aliphatic heterocycles. The summed E-state index contributed by atoms with van der Waals surface area (Å²) in [5, 5.41) is 11.6. The van der Waals surface area contributed by atoms with Crippen LogP contribution in [0.4, 0.5) is 4.79 Å². The smallest absolute Gasteiger partial charge is 0.320 e. The summed E-state index contributed by atoms with van der Waals surface area (Å²) < 4.78 is 4.81. The van der Waals surface area contributed by atoms with E-state index in [0.717, 1.165) is 0 Å². The number of carboxylic acids is 1. The van der Waals surface area contributed by atoms with Gasteiger partial charge in [-0.3, -0.25) is 9.59 Å². The van der Waals surface area contributed by atoms with Gasteiger partial charge in [0.1, 0.15) is 6.54 Å². The maximum atomic E-state index is 12.2. The highest BCUT2D eigenvalue weighted by atomic mass is 16.5. The van der Waals surface area contributed by atoms with E-state index in [4.69, 9.17) is 9.84 Å². The zero-order chi connectivity index (χ0) is 15.8. The molecule has 0 aromatic heterocycles. The number of rotatable bonds is 6. The molecule has 0 bridgehead atoms. The van der Waals surface area contributed by atoms with Gasteiger partial charge in [0.2, 0.25) is 5.91 Å². The van der Waals surface area contributed by atoms with Gasteiger partial charge in [-0.05, 0) is 12.8 Å². The van der Waals surface area contributed by atoms with Gasteiger partial charge in [0.25, 0.3) is 0 Å². The van der Waals surface area contributed by atoms with Crippen LogP contribution in [-0.4, -0.2) is 79.8 Å². The lowest BCUT2D eigenvalue weighted by Crippen LogP contribution is -2.49. The first kappa shape index (κ1) is 17.2. The second-order valence-electron chi connectivity index (χ2n) is 5.10. The number of hydrogen-bond donors (Lipinski definition) is 2. The Kier molecular flexibility index (Phi) is 6.93. The number of carbonyl (C=O) groups is 3. The predicted octanol–water partition coefficient (Wildman–Crippen LogP) is -0.403. The number of nitrogens with zero attached hydrogens (tertiary/aromatic N) is 2. The van der Waals surface area contributed by atoms with E-state index in [0.29, 0.717) is 32.5 Å². The quantitative estimate of drug-likeness (QED) is 0.650. The van der Waals surface area contributed by atoms with Crippen molar-refractivity contribution in [3.05, 3.63) is 0 Å². The minimum atomic E-state index is -0.882. The Morgan fingerprint density at radius 1 is 1.43 bits per heavy atom. The van der Waals surface area contributed by atoms with Gasteiger partial charge in [0, 0.05) is 33.8 Å². The van der Waals surface area contributed by atoms with Crippen LogP contribution in [0.3, 0.4) is 0 Å². The minimum Gasteiger partial charge on any atom is -0.481 e. The summed E-state index contributed by atoms with van der Waals surface area (Å²) in [4.78, 5) is 37.6. The number of amides is 3. The largest absolute Gasteiger partial charge is 0.481 e. The van der Waals surface area contributed by atoms with Crippen LogP contribution in [0.1, 0.15) is 12.8 Å². The second-order valence-corrected chi connectivity index (χ2v) is 5.10. The molecule has 0 aromatic rings. The van der Waals surface area contributed by atoms with Crippen molar-refractivity contribution in [3.63, 3.8) is 0 Å². The molecule has 1 saturated heterocycles. The molecular weight excluding hydrogens is 278 g/mol. The summed E-state index contributed by atoms with van der Waals surface area (Å²) in [5.41, 5.74) is 0. The van der Waals surface area contributed by atoms with Gasteiger partial charge in [-0.2, -0.15) is 0 Å². The fourth-order valence-electron chi connectivity index (χ4n) is 2.23. The number of carbonyl (C=O) groups excluding carboxylic acids is 2. The monoisotopic (exact) mass is 301 g/mol. The topological polar surface area (TPSA) is 99.2 Å². The normalized spacial score (nSPS) is 18.2. The molecule has 1 fully saturated rings. The van der Waals surface area contributed by atoms with E-state index < -0.39 is 11.9 Å². The molecule has 1 heterocycles. The molecule has 3 amide bonds. The molecule has 0 saturated carbocycles. The Balaban J connectivity index is 2.42. The maximum Gasteiger partial charge on any atom is 0.320 e. The van der Waals surface area contributed by atoms with Crippen LogP contribution in [-0.2, 0) is 14.3 Å². The molecule has 0 radical (unpaired) electrons. The third-order valence-electron chi connectivity index (χ3n) is 3.38. The number of aliphatic carboxylic acids is 1. The van der Waals surface area contributed by atoms with Gasteiger partial charge in [0.15, 0.2) is 0 Å². The van der Waals surface area contributed by atoms with Gasteiger partial charge in [-0.1, -0.05) is 0 Å².